The monoisotopic (exact) mass is 394 g/mol. The average Bonchev–Trinajstić information content (AvgIpc) is 2.94. The Balaban J connectivity index is 1.37. The van der Waals surface area contributed by atoms with Gasteiger partial charge in [0.15, 0.2) is 0 Å². The van der Waals surface area contributed by atoms with Gasteiger partial charge >= 0.3 is 0 Å². The van der Waals surface area contributed by atoms with Gasteiger partial charge in [0.05, 0.1) is 29.6 Å². The minimum Gasteiger partial charge on any atom is -0.340 e. The molecule has 1 aromatic carbocycles. The molecule has 2 aromatic heterocycles. The molecular formula is C21H26N6O2. The molecule has 0 saturated carbocycles. The Morgan fingerprint density at radius 3 is 2.55 bits per heavy atom. The lowest BCUT2D eigenvalue weighted by Crippen LogP contribution is -2.49. The van der Waals surface area contributed by atoms with Gasteiger partial charge in [0, 0.05) is 44.5 Å². The van der Waals surface area contributed by atoms with Gasteiger partial charge in [-0.05, 0) is 26.0 Å². The molecule has 0 atom stereocenters. The number of aromatic amines is 1. The van der Waals surface area contributed by atoms with Crippen molar-refractivity contribution in [2.45, 2.75) is 26.8 Å². The van der Waals surface area contributed by atoms with Crippen LogP contribution in [0.1, 0.15) is 22.8 Å². The molecule has 3 aromatic rings. The Kier molecular flexibility index (Phi) is 5.19. The summed E-state index contributed by atoms with van der Waals surface area (Å²) in [7, 11) is 1.90. The van der Waals surface area contributed by atoms with Crippen LogP contribution in [0.4, 0.5) is 0 Å². The Labute approximate surface area is 169 Å². The number of aromatic nitrogens is 4. The van der Waals surface area contributed by atoms with Gasteiger partial charge in [-0.2, -0.15) is 5.10 Å². The fraction of sp³-hybridized carbons (Fsp3) is 0.429. The van der Waals surface area contributed by atoms with Crippen LogP contribution < -0.4 is 5.56 Å². The van der Waals surface area contributed by atoms with E-state index in [0.29, 0.717) is 42.8 Å². The maximum Gasteiger partial charge on any atom is 0.258 e. The molecule has 0 aliphatic carbocycles. The second-order valence-electron chi connectivity index (χ2n) is 7.64. The van der Waals surface area contributed by atoms with Crippen molar-refractivity contribution >= 4 is 16.8 Å². The summed E-state index contributed by atoms with van der Waals surface area (Å²) in [6.07, 6.45) is 0.394. The van der Waals surface area contributed by atoms with Gasteiger partial charge in [-0.25, -0.2) is 4.98 Å². The predicted molar refractivity (Wildman–Crippen MR) is 111 cm³/mol. The zero-order valence-electron chi connectivity index (χ0n) is 17.1. The highest BCUT2D eigenvalue weighted by atomic mass is 16.2. The summed E-state index contributed by atoms with van der Waals surface area (Å²) in [5, 5.41) is 5.00. The van der Waals surface area contributed by atoms with Crippen molar-refractivity contribution in [1.82, 2.24) is 29.5 Å². The summed E-state index contributed by atoms with van der Waals surface area (Å²) >= 11 is 0. The van der Waals surface area contributed by atoms with E-state index >= 15 is 0 Å². The second-order valence-corrected chi connectivity index (χ2v) is 7.64. The zero-order valence-corrected chi connectivity index (χ0v) is 17.1. The number of amides is 1. The number of hydrogen-bond donors (Lipinski definition) is 1. The van der Waals surface area contributed by atoms with Gasteiger partial charge in [0.2, 0.25) is 5.91 Å². The molecule has 1 aliphatic heterocycles. The third-order valence-electron chi connectivity index (χ3n) is 5.75. The van der Waals surface area contributed by atoms with Crippen LogP contribution in [0.2, 0.25) is 0 Å². The van der Waals surface area contributed by atoms with Gasteiger partial charge in [-0.15, -0.1) is 0 Å². The molecule has 1 amide bonds. The first-order valence-electron chi connectivity index (χ1n) is 9.89. The van der Waals surface area contributed by atoms with E-state index in [1.54, 1.807) is 6.07 Å². The molecule has 8 heteroatoms. The Morgan fingerprint density at radius 2 is 1.86 bits per heavy atom. The number of carbonyl (C=O) groups is 1. The SMILES string of the molecule is Cc1nn(C)c(C)c1CC(=O)N1CCN(Cc2nc3ccccc3c(=O)[nH]2)CC1. The Bertz CT molecular complexity index is 1110. The molecule has 29 heavy (non-hydrogen) atoms. The van der Waals surface area contributed by atoms with Gasteiger partial charge in [-0.1, -0.05) is 12.1 Å². The fourth-order valence-corrected chi connectivity index (χ4v) is 3.91. The van der Waals surface area contributed by atoms with Crippen LogP contribution in [-0.4, -0.2) is 61.6 Å². The van der Waals surface area contributed by atoms with Crippen LogP contribution >= 0.6 is 0 Å². The molecule has 1 saturated heterocycles. The van der Waals surface area contributed by atoms with Crippen LogP contribution in [-0.2, 0) is 24.8 Å². The summed E-state index contributed by atoms with van der Waals surface area (Å²) in [4.78, 5) is 36.6. The number of para-hydroxylation sites is 1. The number of rotatable bonds is 4. The number of nitrogens with one attached hydrogen (secondary N) is 1. The molecule has 0 spiro atoms. The second kappa shape index (κ2) is 7.79. The lowest BCUT2D eigenvalue weighted by molar-refractivity contribution is -0.132. The molecule has 3 heterocycles. The summed E-state index contributed by atoms with van der Waals surface area (Å²) < 4.78 is 1.83. The Morgan fingerprint density at radius 1 is 1.14 bits per heavy atom. The average molecular weight is 394 g/mol. The van der Waals surface area contributed by atoms with Crippen LogP contribution in [0.3, 0.4) is 0 Å². The summed E-state index contributed by atoms with van der Waals surface area (Å²) in [5.41, 5.74) is 3.59. The number of H-pyrrole nitrogens is 1. The number of fused-ring (bicyclic) bond motifs is 1. The van der Waals surface area contributed by atoms with E-state index in [0.717, 1.165) is 30.0 Å². The first-order valence-corrected chi connectivity index (χ1v) is 9.89. The van der Waals surface area contributed by atoms with Gasteiger partial charge in [-0.3, -0.25) is 19.2 Å². The van der Waals surface area contributed by atoms with Crippen LogP contribution in [0.15, 0.2) is 29.1 Å². The van der Waals surface area contributed by atoms with Crippen molar-refractivity contribution in [2.75, 3.05) is 26.2 Å². The number of nitrogens with zero attached hydrogens (tertiary/aromatic N) is 5. The molecule has 1 aliphatic rings. The number of benzene rings is 1. The van der Waals surface area contributed by atoms with Crippen molar-refractivity contribution in [2.24, 2.45) is 7.05 Å². The fourth-order valence-electron chi connectivity index (χ4n) is 3.91. The number of aryl methyl sites for hydroxylation is 2. The van der Waals surface area contributed by atoms with Crippen molar-refractivity contribution in [1.29, 1.82) is 0 Å². The highest BCUT2D eigenvalue weighted by Crippen LogP contribution is 2.15. The van der Waals surface area contributed by atoms with Gasteiger partial charge in [0.25, 0.3) is 5.56 Å². The smallest absolute Gasteiger partial charge is 0.258 e. The van der Waals surface area contributed by atoms with E-state index < -0.39 is 0 Å². The molecule has 0 bridgehead atoms. The minimum atomic E-state index is -0.110. The molecule has 1 fully saturated rings. The molecule has 1 N–H and O–H groups in total. The van der Waals surface area contributed by atoms with E-state index in [4.69, 9.17) is 0 Å². The zero-order chi connectivity index (χ0) is 20.5. The van der Waals surface area contributed by atoms with Crippen molar-refractivity contribution in [3.8, 4) is 0 Å². The number of carbonyl (C=O) groups excluding carboxylic acids is 1. The maximum atomic E-state index is 12.7. The molecule has 152 valence electrons. The van der Waals surface area contributed by atoms with Crippen LogP contribution in [0, 0.1) is 13.8 Å². The molecule has 0 radical (unpaired) electrons. The van der Waals surface area contributed by atoms with Gasteiger partial charge in [0.1, 0.15) is 5.82 Å². The molecule has 8 nitrogen and oxygen atoms in total. The highest BCUT2D eigenvalue weighted by Gasteiger charge is 2.23. The highest BCUT2D eigenvalue weighted by molar-refractivity contribution is 5.79. The Hall–Kier alpha value is -3.00. The third kappa shape index (κ3) is 3.93. The normalized spacial score (nSPS) is 15.2. The van der Waals surface area contributed by atoms with E-state index in [1.807, 2.05) is 48.7 Å². The minimum absolute atomic E-state index is 0.110. The van der Waals surface area contributed by atoms with Crippen LogP contribution in [0.5, 0.6) is 0 Å². The molecule has 4 rings (SSSR count). The molecule has 0 unspecified atom stereocenters. The topological polar surface area (TPSA) is 87.1 Å². The van der Waals surface area contributed by atoms with Crippen molar-refractivity contribution in [3.63, 3.8) is 0 Å². The van der Waals surface area contributed by atoms with Gasteiger partial charge < -0.3 is 9.88 Å². The standard InChI is InChI=1S/C21H26N6O2/c1-14-17(15(2)25(3)24-14)12-20(28)27-10-8-26(9-11-27)13-19-22-18-7-5-4-6-16(18)21(29)23-19/h4-7H,8-13H2,1-3H3,(H,22,23,29). The lowest BCUT2D eigenvalue weighted by Gasteiger charge is -2.34. The summed E-state index contributed by atoms with van der Waals surface area (Å²) in [6.45, 7) is 7.39. The van der Waals surface area contributed by atoms with E-state index in [9.17, 15) is 9.59 Å². The third-order valence-corrected chi connectivity index (χ3v) is 5.75. The van der Waals surface area contributed by atoms with Crippen LogP contribution in [0.25, 0.3) is 10.9 Å². The number of piperazine rings is 1. The predicted octanol–water partition coefficient (Wildman–Crippen LogP) is 1.16. The number of hydrogen-bond acceptors (Lipinski definition) is 5. The largest absolute Gasteiger partial charge is 0.340 e. The van der Waals surface area contributed by atoms with Crippen molar-refractivity contribution in [3.05, 3.63) is 57.4 Å². The van der Waals surface area contributed by atoms with E-state index in [2.05, 4.69) is 20.0 Å². The molecular weight excluding hydrogens is 368 g/mol. The quantitative estimate of drug-likeness (QED) is 0.718. The summed E-state index contributed by atoms with van der Waals surface area (Å²) in [6, 6.07) is 7.35. The lowest BCUT2D eigenvalue weighted by atomic mass is 10.1. The van der Waals surface area contributed by atoms with E-state index in [1.165, 1.54) is 0 Å². The maximum absolute atomic E-state index is 12.7. The first-order chi connectivity index (χ1) is 13.9. The first kappa shape index (κ1) is 19.3. The van der Waals surface area contributed by atoms with Crippen molar-refractivity contribution < 1.29 is 4.79 Å². The summed E-state index contributed by atoms with van der Waals surface area (Å²) in [5.74, 6) is 0.802. The van der Waals surface area contributed by atoms with E-state index in [-0.39, 0.29) is 11.5 Å².